The maximum absolute atomic E-state index is 9.19. The first-order valence-corrected chi connectivity index (χ1v) is 6.78. The van der Waals surface area contributed by atoms with E-state index in [0.717, 1.165) is 5.92 Å². The zero-order valence-corrected chi connectivity index (χ0v) is 10.0. The van der Waals surface area contributed by atoms with Crippen molar-refractivity contribution in [3.05, 3.63) is 0 Å². The first-order chi connectivity index (χ1) is 6.33. The Kier molecular flexibility index (Phi) is 6.31. The van der Waals surface area contributed by atoms with E-state index in [4.69, 9.17) is 4.55 Å². The second kappa shape index (κ2) is 6.37. The van der Waals surface area contributed by atoms with Gasteiger partial charge < -0.3 is 4.90 Å². The monoisotopic (exact) mass is 223 g/mol. The summed E-state index contributed by atoms with van der Waals surface area (Å²) in [5.74, 6) is 0.990. The van der Waals surface area contributed by atoms with Crippen LogP contribution in [-0.4, -0.2) is 44.3 Å². The molecule has 0 saturated carbocycles. The van der Waals surface area contributed by atoms with Gasteiger partial charge in [-0.05, 0) is 32.4 Å². The molecule has 1 saturated heterocycles. The lowest BCUT2D eigenvalue weighted by Crippen LogP contribution is -2.31. The third kappa shape index (κ3) is 9.95. The average Bonchev–Trinajstić information content (AvgIpc) is 2.01. The predicted octanol–water partition coefficient (Wildman–Crippen LogP) is 1.24. The molecule has 86 valence electrons. The van der Waals surface area contributed by atoms with Gasteiger partial charge in [-0.1, -0.05) is 13.3 Å². The van der Waals surface area contributed by atoms with Crippen LogP contribution in [0.5, 0.6) is 0 Å². The van der Waals surface area contributed by atoms with Crippen LogP contribution in [0.25, 0.3) is 0 Å². The van der Waals surface area contributed by atoms with E-state index in [1.54, 1.807) is 0 Å². The van der Waals surface area contributed by atoms with Gasteiger partial charge in [0.25, 0.3) is 10.1 Å². The van der Waals surface area contributed by atoms with Gasteiger partial charge in [-0.25, -0.2) is 0 Å². The molecule has 1 rings (SSSR count). The summed E-state index contributed by atoms with van der Waals surface area (Å²) in [7, 11) is -1.44. The number of rotatable bonds is 1. The predicted molar refractivity (Wildman–Crippen MR) is 58.0 cm³/mol. The second-order valence-corrected chi connectivity index (χ2v) is 5.38. The minimum absolute atomic E-state index is 0.715. The van der Waals surface area contributed by atoms with Gasteiger partial charge >= 0.3 is 0 Å². The van der Waals surface area contributed by atoms with E-state index >= 15 is 0 Å². The summed E-state index contributed by atoms with van der Waals surface area (Å²) in [5.41, 5.74) is 0. The molecular weight excluding hydrogens is 202 g/mol. The first kappa shape index (κ1) is 13.9. The molecule has 1 fully saturated rings. The van der Waals surface area contributed by atoms with E-state index < -0.39 is 10.1 Å². The number of nitrogens with zero attached hydrogens (tertiary/aromatic N) is 1. The Morgan fingerprint density at radius 3 is 2.29 bits per heavy atom. The highest BCUT2D eigenvalue weighted by Gasteiger charge is 2.14. The fraction of sp³-hybridized carbons (Fsp3) is 1.00. The molecule has 1 heterocycles. The Labute approximate surface area is 87.0 Å². The van der Waals surface area contributed by atoms with Crippen LogP contribution < -0.4 is 0 Å². The Morgan fingerprint density at radius 1 is 1.50 bits per heavy atom. The van der Waals surface area contributed by atoms with Gasteiger partial charge in [0.15, 0.2) is 0 Å². The average molecular weight is 223 g/mol. The fourth-order valence-corrected chi connectivity index (χ4v) is 1.61. The molecule has 1 aliphatic heterocycles. The third-order valence-corrected chi connectivity index (χ3v) is 2.30. The molecule has 0 aromatic rings. The summed E-state index contributed by atoms with van der Waals surface area (Å²) in [6.45, 7) is 4.94. The van der Waals surface area contributed by atoms with Gasteiger partial charge in [-0.2, -0.15) is 8.42 Å². The molecule has 0 amide bonds. The van der Waals surface area contributed by atoms with Gasteiger partial charge in [-0.15, -0.1) is 0 Å². The molecule has 0 spiro atoms. The summed E-state index contributed by atoms with van der Waals surface area (Å²) >= 11 is 0. The zero-order chi connectivity index (χ0) is 11.2. The number of hydrogen-bond acceptors (Lipinski definition) is 3. The van der Waals surface area contributed by atoms with E-state index in [1.807, 2.05) is 0 Å². The van der Waals surface area contributed by atoms with E-state index in [0.29, 0.717) is 6.26 Å². The molecule has 0 aromatic heterocycles. The molecule has 0 aromatic carbocycles. The van der Waals surface area contributed by atoms with Crippen LogP contribution in [0.1, 0.15) is 26.2 Å². The maximum Gasteiger partial charge on any atom is 0.261 e. The minimum Gasteiger partial charge on any atom is -0.306 e. The Bertz CT molecular complexity index is 230. The van der Waals surface area contributed by atoms with Gasteiger partial charge in [0.2, 0.25) is 0 Å². The molecule has 0 bridgehead atoms. The topological polar surface area (TPSA) is 57.6 Å². The standard InChI is InChI=1S/C8H17N.CH4O3S/c1-3-8-5-4-6-9(2)7-8;1-5(2,3)4/h8H,3-7H2,1-2H3;1H3,(H,2,3,4). The highest BCUT2D eigenvalue weighted by Crippen LogP contribution is 2.17. The lowest BCUT2D eigenvalue weighted by molar-refractivity contribution is 0.206. The molecular formula is C9H21NO3S. The molecule has 1 unspecified atom stereocenters. The van der Waals surface area contributed by atoms with Crippen molar-refractivity contribution in [2.45, 2.75) is 26.2 Å². The van der Waals surface area contributed by atoms with Crippen molar-refractivity contribution >= 4 is 10.1 Å². The van der Waals surface area contributed by atoms with Gasteiger partial charge in [0.05, 0.1) is 6.26 Å². The minimum atomic E-state index is -3.67. The SMILES string of the molecule is CCC1CCCN(C)C1.CS(=O)(=O)O. The second-order valence-electron chi connectivity index (χ2n) is 3.91. The number of piperidine rings is 1. The molecule has 1 N–H and O–H groups in total. The molecule has 1 atom stereocenters. The molecule has 0 radical (unpaired) electrons. The van der Waals surface area contributed by atoms with E-state index in [2.05, 4.69) is 18.9 Å². The number of hydrogen-bond donors (Lipinski definition) is 1. The van der Waals surface area contributed by atoms with E-state index in [1.165, 1.54) is 32.4 Å². The third-order valence-electron chi connectivity index (χ3n) is 2.30. The largest absolute Gasteiger partial charge is 0.306 e. The van der Waals surface area contributed by atoms with Crippen molar-refractivity contribution in [3.63, 3.8) is 0 Å². The molecule has 14 heavy (non-hydrogen) atoms. The van der Waals surface area contributed by atoms with Crippen molar-refractivity contribution in [1.29, 1.82) is 0 Å². The zero-order valence-electron chi connectivity index (χ0n) is 9.23. The fourth-order valence-electron chi connectivity index (χ4n) is 1.61. The normalized spacial score (nSPS) is 23.9. The van der Waals surface area contributed by atoms with Crippen molar-refractivity contribution in [2.24, 2.45) is 5.92 Å². The quantitative estimate of drug-likeness (QED) is 0.680. The molecule has 5 heteroatoms. The van der Waals surface area contributed by atoms with Crippen LogP contribution in [-0.2, 0) is 10.1 Å². The summed E-state index contributed by atoms with van der Waals surface area (Å²) in [6, 6.07) is 0. The summed E-state index contributed by atoms with van der Waals surface area (Å²) in [4.78, 5) is 2.44. The van der Waals surface area contributed by atoms with Gasteiger partial charge in [0.1, 0.15) is 0 Å². The Morgan fingerprint density at radius 2 is 2.00 bits per heavy atom. The Hall–Kier alpha value is -0.130. The summed E-state index contributed by atoms with van der Waals surface area (Å²) in [5, 5.41) is 0. The molecule has 0 aliphatic carbocycles. The van der Waals surface area contributed by atoms with Crippen LogP contribution in [0.2, 0.25) is 0 Å². The van der Waals surface area contributed by atoms with E-state index in [9.17, 15) is 8.42 Å². The van der Waals surface area contributed by atoms with Crippen molar-refractivity contribution < 1.29 is 13.0 Å². The van der Waals surface area contributed by atoms with Crippen LogP contribution in [0.3, 0.4) is 0 Å². The lowest BCUT2D eigenvalue weighted by Gasteiger charge is -2.28. The summed E-state index contributed by atoms with van der Waals surface area (Å²) in [6.07, 6.45) is 4.95. The van der Waals surface area contributed by atoms with Crippen LogP contribution in [0.4, 0.5) is 0 Å². The highest BCUT2D eigenvalue weighted by atomic mass is 32.2. The first-order valence-electron chi connectivity index (χ1n) is 4.94. The van der Waals surface area contributed by atoms with Gasteiger partial charge in [0, 0.05) is 6.54 Å². The smallest absolute Gasteiger partial charge is 0.261 e. The van der Waals surface area contributed by atoms with Crippen molar-refractivity contribution in [1.82, 2.24) is 4.90 Å². The maximum atomic E-state index is 9.19. The van der Waals surface area contributed by atoms with E-state index in [-0.39, 0.29) is 0 Å². The lowest BCUT2D eigenvalue weighted by atomic mass is 9.96. The van der Waals surface area contributed by atoms with Gasteiger partial charge in [-0.3, -0.25) is 4.55 Å². The highest BCUT2D eigenvalue weighted by molar-refractivity contribution is 7.85. The Balaban J connectivity index is 0.000000292. The molecule has 1 aliphatic rings. The summed E-state index contributed by atoms with van der Waals surface area (Å²) < 4.78 is 25.9. The van der Waals surface area contributed by atoms with Crippen molar-refractivity contribution in [3.8, 4) is 0 Å². The van der Waals surface area contributed by atoms with Crippen LogP contribution in [0.15, 0.2) is 0 Å². The van der Waals surface area contributed by atoms with Crippen LogP contribution in [0, 0.1) is 5.92 Å². The van der Waals surface area contributed by atoms with Crippen LogP contribution >= 0.6 is 0 Å². The van der Waals surface area contributed by atoms with Crippen molar-refractivity contribution in [2.75, 3.05) is 26.4 Å². The number of likely N-dealkylation sites (tertiary alicyclic amines) is 1. The molecule has 4 nitrogen and oxygen atoms in total.